The number of methoxy groups -OCH3 is 1. The van der Waals surface area contributed by atoms with E-state index in [1.165, 1.54) is 0 Å². The smallest absolute Gasteiger partial charge is 0.0641 e. The summed E-state index contributed by atoms with van der Waals surface area (Å²) in [6.45, 7) is 4.66. The first-order valence-electron chi connectivity index (χ1n) is 4.33. The molecule has 0 aromatic heterocycles. The Balaban J connectivity index is 3.43. The van der Waals surface area contributed by atoms with Crippen LogP contribution in [0.4, 0.5) is 0 Å². The van der Waals surface area contributed by atoms with Crippen LogP contribution in [-0.2, 0) is 4.74 Å². The van der Waals surface area contributed by atoms with Crippen molar-refractivity contribution >= 4 is 0 Å². The summed E-state index contributed by atoms with van der Waals surface area (Å²) >= 11 is 0. The highest BCUT2D eigenvalue weighted by atomic mass is 16.5. The van der Waals surface area contributed by atoms with Gasteiger partial charge >= 0.3 is 0 Å². The summed E-state index contributed by atoms with van der Waals surface area (Å²) < 4.78 is 4.90. The first-order valence-corrected chi connectivity index (χ1v) is 4.33. The van der Waals surface area contributed by atoms with Gasteiger partial charge in [0.2, 0.25) is 0 Å². The molecule has 2 nitrogen and oxygen atoms in total. The van der Waals surface area contributed by atoms with Gasteiger partial charge in [0, 0.05) is 13.7 Å². The van der Waals surface area contributed by atoms with E-state index in [1.807, 2.05) is 6.92 Å². The molecule has 0 fully saturated rings. The third-order valence-electron chi connectivity index (χ3n) is 1.91. The Morgan fingerprint density at radius 1 is 1.36 bits per heavy atom. The highest BCUT2D eigenvalue weighted by molar-refractivity contribution is 4.71. The average molecular weight is 160 g/mol. The minimum Gasteiger partial charge on any atom is -0.390 e. The Labute approximate surface area is 69.6 Å². The topological polar surface area (TPSA) is 29.5 Å². The van der Waals surface area contributed by atoms with Crippen molar-refractivity contribution in [2.75, 3.05) is 13.7 Å². The number of rotatable bonds is 6. The molecule has 68 valence electrons. The fourth-order valence-corrected chi connectivity index (χ4v) is 1.00. The lowest BCUT2D eigenvalue weighted by Gasteiger charge is -2.22. The Hall–Kier alpha value is -0.0800. The van der Waals surface area contributed by atoms with Gasteiger partial charge in [0.15, 0.2) is 0 Å². The number of unbranched alkanes of at least 4 members (excludes halogenated alkanes) is 1. The normalized spacial score (nSPS) is 16.4. The molecule has 0 aliphatic heterocycles. The van der Waals surface area contributed by atoms with E-state index in [9.17, 15) is 5.11 Å². The maximum Gasteiger partial charge on any atom is 0.0641 e. The van der Waals surface area contributed by atoms with Crippen LogP contribution in [0.3, 0.4) is 0 Å². The molecule has 0 amide bonds. The van der Waals surface area contributed by atoms with Crippen LogP contribution in [-0.4, -0.2) is 24.4 Å². The predicted molar refractivity (Wildman–Crippen MR) is 46.6 cm³/mol. The molecule has 0 heterocycles. The van der Waals surface area contributed by atoms with Crippen LogP contribution >= 0.6 is 0 Å². The number of hydrogen-bond acceptors (Lipinski definition) is 2. The fourth-order valence-electron chi connectivity index (χ4n) is 1.00. The van der Waals surface area contributed by atoms with Gasteiger partial charge in [-0.25, -0.2) is 0 Å². The van der Waals surface area contributed by atoms with Gasteiger partial charge in [-0.2, -0.15) is 0 Å². The van der Waals surface area contributed by atoms with E-state index in [0.29, 0.717) is 6.61 Å². The highest BCUT2D eigenvalue weighted by Gasteiger charge is 2.18. The van der Waals surface area contributed by atoms with Gasteiger partial charge in [0.1, 0.15) is 0 Å². The summed E-state index contributed by atoms with van der Waals surface area (Å²) in [7, 11) is 1.66. The Morgan fingerprint density at radius 3 is 2.45 bits per heavy atom. The zero-order valence-electron chi connectivity index (χ0n) is 7.89. The molecule has 2 heteroatoms. The lowest BCUT2D eigenvalue weighted by molar-refractivity contribution is 0.0156. The first-order chi connectivity index (χ1) is 5.12. The Bertz CT molecular complexity index is 79.6. The molecular weight excluding hydrogens is 140 g/mol. The minimum atomic E-state index is -0.522. The number of hydrogen-bond donors (Lipinski definition) is 1. The molecule has 0 aliphatic rings. The maximum atomic E-state index is 9.70. The van der Waals surface area contributed by atoms with Gasteiger partial charge in [-0.05, 0) is 19.8 Å². The predicted octanol–water partition coefficient (Wildman–Crippen LogP) is 1.96. The summed E-state index contributed by atoms with van der Waals surface area (Å²) in [5, 5.41) is 9.70. The molecule has 11 heavy (non-hydrogen) atoms. The molecule has 0 saturated heterocycles. The lowest BCUT2D eigenvalue weighted by atomic mass is 9.96. The summed E-state index contributed by atoms with van der Waals surface area (Å²) in [5.74, 6) is 0. The van der Waals surface area contributed by atoms with Crippen molar-refractivity contribution in [3.05, 3.63) is 0 Å². The molecule has 0 aromatic rings. The Morgan fingerprint density at radius 2 is 2.00 bits per heavy atom. The van der Waals surface area contributed by atoms with Gasteiger partial charge < -0.3 is 9.84 Å². The monoisotopic (exact) mass is 160 g/mol. The molecule has 1 unspecified atom stereocenters. The fraction of sp³-hybridized carbons (Fsp3) is 1.00. The minimum absolute atomic E-state index is 0.522. The van der Waals surface area contributed by atoms with E-state index in [0.717, 1.165) is 25.7 Å². The second kappa shape index (κ2) is 5.56. The van der Waals surface area contributed by atoms with Crippen LogP contribution in [0.25, 0.3) is 0 Å². The Kier molecular flexibility index (Phi) is 5.51. The SMILES string of the molecule is CCCCC(C)(O)CCOC. The van der Waals surface area contributed by atoms with E-state index >= 15 is 0 Å². The third-order valence-corrected chi connectivity index (χ3v) is 1.91. The van der Waals surface area contributed by atoms with Crippen molar-refractivity contribution in [2.45, 2.75) is 45.1 Å². The second-order valence-corrected chi connectivity index (χ2v) is 3.34. The molecule has 0 bridgehead atoms. The standard InChI is InChI=1S/C9H20O2/c1-4-5-6-9(2,10)7-8-11-3/h10H,4-8H2,1-3H3. The van der Waals surface area contributed by atoms with Crippen molar-refractivity contribution in [2.24, 2.45) is 0 Å². The highest BCUT2D eigenvalue weighted by Crippen LogP contribution is 2.17. The summed E-state index contributed by atoms with van der Waals surface area (Å²) in [4.78, 5) is 0. The number of aliphatic hydroxyl groups is 1. The molecular formula is C9H20O2. The first kappa shape index (κ1) is 10.9. The van der Waals surface area contributed by atoms with Crippen LogP contribution in [0.2, 0.25) is 0 Å². The van der Waals surface area contributed by atoms with Crippen molar-refractivity contribution < 1.29 is 9.84 Å². The third kappa shape index (κ3) is 6.32. The number of ether oxygens (including phenoxy) is 1. The molecule has 1 atom stereocenters. The van der Waals surface area contributed by atoms with Crippen molar-refractivity contribution in [3.63, 3.8) is 0 Å². The summed E-state index contributed by atoms with van der Waals surface area (Å²) in [6.07, 6.45) is 3.86. The van der Waals surface area contributed by atoms with Crippen molar-refractivity contribution in [1.82, 2.24) is 0 Å². The molecule has 0 saturated carbocycles. The van der Waals surface area contributed by atoms with Gasteiger partial charge in [0.25, 0.3) is 0 Å². The van der Waals surface area contributed by atoms with Crippen molar-refractivity contribution in [1.29, 1.82) is 0 Å². The van der Waals surface area contributed by atoms with Crippen LogP contribution < -0.4 is 0 Å². The zero-order chi connectivity index (χ0) is 8.74. The van der Waals surface area contributed by atoms with Gasteiger partial charge in [-0.1, -0.05) is 19.8 Å². The van der Waals surface area contributed by atoms with Crippen LogP contribution in [0.5, 0.6) is 0 Å². The van der Waals surface area contributed by atoms with E-state index in [1.54, 1.807) is 7.11 Å². The second-order valence-electron chi connectivity index (χ2n) is 3.34. The molecule has 0 aliphatic carbocycles. The maximum absolute atomic E-state index is 9.70. The zero-order valence-corrected chi connectivity index (χ0v) is 7.89. The quantitative estimate of drug-likeness (QED) is 0.643. The molecule has 1 N–H and O–H groups in total. The van der Waals surface area contributed by atoms with E-state index < -0.39 is 5.60 Å². The molecule has 0 radical (unpaired) electrons. The molecule has 0 rings (SSSR count). The van der Waals surface area contributed by atoms with Gasteiger partial charge in [-0.3, -0.25) is 0 Å². The van der Waals surface area contributed by atoms with E-state index in [-0.39, 0.29) is 0 Å². The van der Waals surface area contributed by atoms with Crippen LogP contribution in [0, 0.1) is 0 Å². The van der Waals surface area contributed by atoms with Gasteiger partial charge in [-0.15, -0.1) is 0 Å². The summed E-state index contributed by atoms with van der Waals surface area (Å²) in [5.41, 5.74) is -0.522. The van der Waals surface area contributed by atoms with Crippen LogP contribution in [0.15, 0.2) is 0 Å². The summed E-state index contributed by atoms with van der Waals surface area (Å²) in [6, 6.07) is 0. The van der Waals surface area contributed by atoms with E-state index in [4.69, 9.17) is 4.74 Å². The van der Waals surface area contributed by atoms with Crippen molar-refractivity contribution in [3.8, 4) is 0 Å². The average Bonchev–Trinajstić information content (AvgIpc) is 1.97. The van der Waals surface area contributed by atoms with E-state index in [2.05, 4.69) is 6.92 Å². The van der Waals surface area contributed by atoms with Crippen LogP contribution in [0.1, 0.15) is 39.5 Å². The van der Waals surface area contributed by atoms with Gasteiger partial charge in [0.05, 0.1) is 5.60 Å². The lowest BCUT2D eigenvalue weighted by Crippen LogP contribution is -2.25. The molecule has 0 spiro atoms. The largest absolute Gasteiger partial charge is 0.390 e. The molecule has 0 aromatic carbocycles.